The van der Waals surface area contributed by atoms with Crippen LogP contribution in [0.4, 0.5) is 0 Å². The molecule has 0 spiro atoms. The quantitative estimate of drug-likeness (QED) is 0.310. The highest BCUT2D eigenvalue weighted by atomic mass is 79.9. The predicted molar refractivity (Wildman–Crippen MR) is 116 cm³/mol. The van der Waals surface area contributed by atoms with E-state index in [0.717, 1.165) is 10.0 Å². The van der Waals surface area contributed by atoms with Gasteiger partial charge in [0.05, 0.1) is 0 Å². The van der Waals surface area contributed by atoms with Crippen molar-refractivity contribution in [1.82, 2.24) is 10.2 Å². The number of para-hydroxylation sites is 1. The summed E-state index contributed by atoms with van der Waals surface area (Å²) in [5, 5.41) is 2.61. The van der Waals surface area contributed by atoms with Gasteiger partial charge >= 0.3 is 0 Å². The summed E-state index contributed by atoms with van der Waals surface area (Å²) in [7, 11) is 0. The molecule has 1 heterocycles. The van der Waals surface area contributed by atoms with Crippen molar-refractivity contribution in [1.29, 1.82) is 0 Å². The summed E-state index contributed by atoms with van der Waals surface area (Å²) < 4.78 is 6.90. The maximum atomic E-state index is 12.7. The van der Waals surface area contributed by atoms with Crippen molar-refractivity contribution in [2.75, 3.05) is 6.54 Å². The molecular weight excluding hydrogens is 440 g/mol. The topological polar surface area (TPSA) is 58.6 Å². The molecule has 1 fully saturated rings. The predicted octanol–water partition coefficient (Wildman–Crippen LogP) is 3.84. The van der Waals surface area contributed by atoms with Crippen molar-refractivity contribution < 1.29 is 14.3 Å². The van der Waals surface area contributed by atoms with Gasteiger partial charge in [0.15, 0.2) is 5.11 Å². The Morgan fingerprint density at radius 3 is 2.57 bits per heavy atom. The standard InChI is InChI=1S/C21H17BrN2O3S/c1-2-11-24-20(26)17(19(25)23-21(24)28)12-15-5-3-4-6-18(15)27-13-14-7-9-16(22)10-8-14/h2-10,12H,1,11,13H2,(H,23,25,28)/b17-12+. The van der Waals surface area contributed by atoms with Crippen molar-refractivity contribution in [2.45, 2.75) is 6.61 Å². The number of carbonyl (C=O) groups is 2. The molecule has 0 saturated carbocycles. The van der Waals surface area contributed by atoms with Crippen molar-refractivity contribution in [2.24, 2.45) is 0 Å². The van der Waals surface area contributed by atoms with Crippen molar-refractivity contribution in [3.63, 3.8) is 0 Å². The fraction of sp³-hybridized carbons (Fsp3) is 0.0952. The second-order valence-electron chi connectivity index (χ2n) is 5.97. The Morgan fingerprint density at radius 1 is 1.14 bits per heavy atom. The molecule has 0 aliphatic carbocycles. The molecule has 0 aromatic heterocycles. The van der Waals surface area contributed by atoms with Crippen LogP contribution in [0, 0.1) is 0 Å². The van der Waals surface area contributed by atoms with Gasteiger partial charge in [0.1, 0.15) is 17.9 Å². The number of nitrogens with zero attached hydrogens (tertiary/aromatic N) is 1. The smallest absolute Gasteiger partial charge is 0.265 e. The Kier molecular flexibility index (Phi) is 6.38. The van der Waals surface area contributed by atoms with E-state index in [9.17, 15) is 9.59 Å². The zero-order chi connectivity index (χ0) is 20.1. The number of thiocarbonyl (C=S) groups is 1. The molecule has 1 aliphatic rings. The van der Waals surface area contributed by atoms with E-state index in [1.54, 1.807) is 18.2 Å². The van der Waals surface area contributed by atoms with Crippen molar-refractivity contribution in [3.8, 4) is 5.75 Å². The Balaban J connectivity index is 1.86. The van der Waals surface area contributed by atoms with Crippen LogP contribution in [0.2, 0.25) is 0 Å². The highest BCUT2D eigenvalue weighted by Gasteiger charge is 2.32. The van der Waals surface area contributed by atoms with Crippen LogP contribution in [-0.2, 0) is 16.2 Å². The SMILES string of the molecule is C=CCN1C(=O)/C(=C/c2ccccc2OCc2ccc(Br)cc2)C(=O)NC1=S. The third-order valence-corrected chi connectivity index (χ3v) is 4.88. The molecule has 0 unspecified atom stereocenters. The van der Waals surface area contributed by atoms with Crippen LogP contribution in [0.1, 0.15) is 11.1 Å². The first-order valence-corrected chi connectivity index (χ1v) is 9.65. The van der Waals surface area contributed by atoms with Gasteiger partial charge in [-0.05, 0) is 42.1 Å². The van der Waals surface area contributed by atoms with E-state index in [1.165, 1.54) is 11.0 Å². The van der Waals surface area contributed by atoms with E-state index in [0.29, 0.717) is 17.9 Å². The Bertz CT molecular complexity index is 970. The monoisotopic (exact) mass is 456 g/mol. The lowest BCUT2D eigenvalue weighted by Crippen LogP contribution is -2.53. The molecule has 2 aromatic rings. The van der Waals surface area contributed by atoms with Crippen molar-refractivity contribution >= 4 is 51.2 Å². The van der Waals surface area contributed by atoms with Gasteiger partial charge in [0.25, 0.3) is 11.8 Å². The minimum absolute atomic E-state index is 0.00450. The van der Waals surface area contributed by atoms with Gasteiger partial charge in [0.2, 0.25) is 0 Å². The van der Waals surface area contributed by atoms with E-state index in [1.807, 2.05) is 36.4 Å². The van der Waals surface area contributed by atoms with Crippen LogP contribution in [0.5, 0.6) is 5.75 Å². The number of benzene rings is 2. The van der Waals surface area contributed by atoms with Crippen LogP contribution in [0.15, 0.2) is 71.2 Å². The number of hydrogen-bond acceptors (Lipinski definition) is 4. The molecule has 142 valence electrons. The highest BCUT2D eigenvalue weighted by Crippen LogP contribution is 2.24. The van der Waals surface area contributed by atoms with E-state index < -0.39 is 11.8 Å². The molecule has 2 amide bonds. The lowest BCUT2D eigenvalue weighted by Gasteiger charge is -2.27. The summed E-state index contributed by atoms with van der Waals surface area (Å²) in [4.78, 5) is 26.3. The Labute approximate surface area is 176 Å². The van der Waals surface area contributed by atoms with Crippen molar-refractivity contribution in [3.05, 3.63) is 82.4 Å². The zero-order valence-corrected chi connectivity index (χ0v) is 17.3. The van der Waals surface area contributed by atoms with Crippen LogP contribution >= 0.6 is 28.1 Å². The summed E-state index contributed by atoms with van der Waals surface area (Å²) in [5.74, 6) is -0.420. The Morgan fingerprint density at radius 2 is 1.86 bits per heavy atom. The van der Waals surface area contributed by atoms with Gasteiger partial charge in [-0.3, -0.25) is 19.8 Å². The van der Waals surface area contributed by atoms with Crippen LogP contribution < -0.4 is 10.1 Å². The van der Waals surface area contributed by atoms with Gasteiger partial charge in [-0.25, -0.2) is 0 Å². The summed E-state index contributed by atoms with van der Waals surface area (Å²) in [6.45, 7) is 4.20. The number of amides is 2. The first-order valence-electron chi connectivity index (χ1n) is 8.45. The summed E-state index contributed by atoms with van der Waals surface area (Å²) in [5.41, 5.74) is 1.62. The summed E-state index contributed by atoms with van der Waals surface area (Å²) >= 11 is 8.47. The normalized spacial score (nSPS) is 15.5. The molecular formula is C21H17BrN2O3S. The number of hydrogen-bond donors (Lipinski definition) is 1. The summed E-state index contributed by atoms with van der Waals surface area (Å²) in [6.07, 6.45) is 3.07. The lowest BCUT2D eigenvalue weighted by molar-refractivity contribution is -0.128. The van der Waals surface area contributed by atoms with Gasteiger partial charge in [0, 0.05) is 16.6 Å². The molecule has 1 N–H and O–H groups in total. The third kappa shape index (κ3) is 4.55. The van der Waals surface area contributed by atoms with E-state index in [-0.39, 0.29) is 17.2 Å². The number of carbonyl (C=O) groups excluding carboxylic acids is 2. The fourth-order valence-electron chi connectivity index (χ4n) is 2.62. The Hall–Kier alpha value is -2.77. The second-order valence-corrected chi connectivity index (χ2v) is 7.28. The molecule has 1 aliphatic heterocycles. The van der Waals surface area contributed by atoms with Gasteiger partial charge < -0.3 is 4.74 Å². The maximum Gasteiger partial charge on any atom is 0.265 e. The molecule has 0 atom stereocenters. The maximum absolute atomic E-state index is 12.7. The van der Waals surface area contributed by atoms with Gasteiger partial charge in [-0.2, -0.15) is 0 Å². The van der Waals surface area contributed by atoms with E-state index in [4.69, 9.17) is 17.0 Å². The largest absolute Gasteiger partial charge is 0.488 e. The number of halogens is 1. The molecule has 28 heavy (non-hydrogen) atoms. The molecule has 3 rings (SSSR count). The van der Waals surface area contributed by atoms with Crippen LogP contribution in [-0.4, -0.2) is 28.4 Å². The molecule has 7 heteroatoms. The van der Waals surface area contributed by atoms with Gasteiger partial charge in [-0.15, -0.1) is 6.58 Å². The van der Waals surface area contributed by atoms with Gasteiger partial charge in [-0.1, -0.05) is 52.3 Å². The minimum Gasteiger partial charge on any atom is -0.488 e. The minimum atomic E-state index is -0.530. The second kappa shape index (κ2) is 8.95. The fourth-order valence-corrected chi connectivity index (χ4v) is 3.13. The van der Waals surface area contributed by atoms with E-state index >= 15 is 0 Å². The molecule has 1 saturated heterocycles. The first kappa shape index (κ1) is 20.0. The first-order chi connectivity index (χ1) is 13.5. The summed E-state index contributed by atoms with van der Waals surface area (Å²) in [6, 6.07) is 15.0. The van der Waals surface area contributed by atoms with Crippen LogP contribution in [0.25, 0.3) is 6.08 Å². The zero-order valence-electron chi connectivity index (χ0n) is 14.9. The number of ether oxygens (including phenoxy) is 1. The average Bonchev–Trinajstić information content (AvgIpc) is 2.69. The molecule has 0 radical (unpaired) electrons. The molecule has 5 nitrogen and oxygen atoms in total. The number of rotatable bonds is 6. The van der Waals surface area contributed by atoms with E-state index in [2.05, 4.69) is 27.8 Å². The van der Waals surface area contributed by atoms with Crippen LogP contribution in [0.3, 0.4) is 0 Å². The number of nitrogens with one attached hydrogen (secondary N) is 1. The highest BCUT2D eigenvalue weighted by molar-refractivity contribution is 9.10. The lowest BCUT2D eigenvalue weighted by atomic mass is 10.1. The molecule has 0 bridgehead atoms. The molecule has 2 aromatic carbocycles. The average molecular weight is 457 g/mol. The third-order valence-electron chi connectivity index (χ3n) is 4.02.